The first-order valence-corrected chi connectivity index (χ1v) is 40.3. The lowest BCUT2D eigenvalue weighted by atomic mass is 9.93. The van der Waals surface area contributed by atoms with Gasteiger partial charge in [-0.3, -0.25) is 0 Å². The molecule has 22 aromatic rings. The summed E-state index contributed by atoms with van der Waals surface area (Å²) in [6, 6.07) is 166. The van der Waals surface area contributed by atoms with Crippen molar-refractivity contribution >= 4 is 128 Å². The highest BCUT2D eigenvalue weighted by molar-refractivity contribution is 6.14. The summed E-state index contributed by atoms with van der Waals surface area (Å²) in [5.74, 6) is 0. The Kier molecular flexibility index (Phi) is 17.1. The van der Waals surface area contributed by atoms with E-state index in [9.17, 15) is 0 Å². The number of nitrogens with zero attached hydrogens (tertiary/aromatic N) is 5. The zero-order valence-corrected chi connectivity index (χ0v) is 64.4. The summed E-state index contributed by atoms with van der Waals surface area (Å²) in [6.45, 7) is 0. The molecule has 0 aliphatic carbocycles. The molecule has 0 spiro atoms. The minimum absolute atomic E-state index is 0.888. The minimum Gasteiger partial charge on any atom is -0.455 e. The van der Waals surface area contributed by atoms with Crippen LogP contribution in [0.2, 0.25) is 0 Å². The van der Waals surface area contributed by atoms with E-state index < -0.39 is 0 Å². The van der Waals surface area contributed by atoms with E-state index in [0.29, 0.717) is 0 Å². The average molecular weight is 1510 g/mol. The van der Waals surface area contributed by atoms with Gasteiger partial charge in [0.05, 0.1) is 33.4 Å². The predicted molar refractivity (Wildman–Crippen MR) is 497 cm³/mol. The third-order valence-corrected chi connectivity index (χ3v) is 23.5. The number of hydrogen-bond acceptors (Lipinski definition) is 4. The lowest BCUT2D eigenvalue weighted by molar-refractivity contribution is 0.670. The van der Waals surface area contributed by atoms with Gasteiger partial charge in [0.2, 0.25) is 0 Å². The molecule has 19 aromatic carbocycles. The Morgan fingerprint density at radius 2 is 0.559 bits per heavy atom. The van der Waals surface area contributed by atoms with Crippen LogP contribution < -0.4 is 14.7 Å². The van der Waals surface area contributed by atoms with Crippen LogP contribution in [0.25, 0.3) is 154 Å². The van der Waals surface area contributed by atoms with Crippen molar-refractivity contribution in [3.8, 4) is 78.1 Å². The third-order valence-electron chi connectivity index (χ3n) is 23.5. The summed E-state index contributed by atoms with van der Waals surface area (Å²) in [4.78, 5) is 7.15. The number of anilines is 9. The summed E-state index contributed by atoms with van der Waals surface area (Å²) in [7, 11) is 0. The van der Waals surface area contributed by atoms with Crippen molar-refractivity contribution in [1.29, 1.82) is 0 Å². The molecule has 0 radical (unpaired) electrons. The van der Waals surface area contributed by atoms with E-state index in [2.05, 4.69) is 467 Å². The zero-order valence-electron chi connectivity index (χ0n) is 64.4. The number of furan rings is 1. The molecule has 6 nitrogen and oxygen atoms in total. The maximum absolute atomic E-state index is 6.56. The van der Waals surface area contributed by atoms with Gasteiger partial charge in [0, 0.05) is 100 Å². The van der Waals surface area contributed by atoms with Crippen LogP contribution in [0.1, 0.15) is 0 Å². The van der Waals surface area contributed by atoms with E-state index in [1.165, 1.54) is 32.6 Å². The standard InChI is InChI=1S/C112H75N5O/c1-5-32-87(33-6-1)114(88-34-7-2-8-35-88)105-46-19-15-40-96(105)85-56-68-108-103(73-85)104-74-86(57-69-109(104)117(108)95-62-52-76-26-13-14-27-83(76)72-95)97-67-55-84(75-110(97)115(89-36-9-3-10-37-89)90-38-11-4-12-39-90)82-31-24-30-81(71-82)80-29-23-28-79(70-80)77-50-58-91(59-51-77)113(92-60-53-78(54-61-92)98-44-25-45-102-101-43-18-22-49-111(101)118-112(98)102)93-63-65-94(66-64-93)116-106-47-20-16-41-99(106)100-42-17-21-48-107(100)116/h1-75H. The summed E-state index contributed by atoms with van der Waals surface area (Å²) in [6.07, 6.45) is 0. The van der Waals surface area contributed by atoms with Crippen LogP contribution in [0.15, 0.2) is 459 Å². The van der Waals surface area contributed by atoms with Gasteiger partial charge in [0.15, 0.2) is 0 Å². The molecule has 118 heavy (non-hydrogen) atoms. The molecule has 0 amide bonds. The van der Waals surface area contributed by atoms with Crippen molar-refractivity contribution < 1.29 is 4.42 Å². The topological polar surface area (TPSA) is 32.7 Å². The van der Waals surface area contributed by atoms with Crippen molar-refractivity contribution in [3.63, 3.8) is 0 Å². The summed E-state index contributed by atoms with van der Waals surface area (Å²) in [5, 5.41) is 9.43. The van der Waals surface area contributed by atoms with Crippen LogP contribution in [-0.2, 0) is 0 Å². The molecule has 0 N–H and O–H groups in total. The van der Waals surface area contributed by atoms with E-state index in [0.717, 1.165) is 173 Å². The Hall–Kier alpha value is -15.8. The fourth-order valence-electron chi connectivity index (χ4n) is 17.9. The number of aromatic nitrogens is 2. The zero-order chi connectivity index (χ0) is 78.0. The number of fused-ring (bicyclic) bond motifs is 10. The number of rotatable bonds is 17. The summed E-state index contributed by atoms with van der Waals surface area (Å²) in [5.41, 5.74) is 31.5. The molecule has 0 atom stereocenters. The van der Waals surface area contributed by atoms with E-state index in [1.807, 2.05) is 12.1 Å². The van der Waals surface area contributed by atoms with Crippen LogP contribution in [0.5, 0.6) is 0 Å². The Bertz CT molecular complexity index is 7400. The first-order valence-electron chi connectivity index (χ1n) is 40.3. The highest BCUT2D eigenvalue weighted by atomic mass is 16.3. The average Bonchev–Trinajstić information content (AvgIpc) is 1.55. The van der Waals surface area contributed by atoms with Gasteiger partial charge in [0.1, 0.15) is 11.2 Å². The fraction of sp³-hybridized carbons (Fsp3) is 0. The van der Waals surface area contributed by atoms with Crippen molar-refractivity contribution in [2.75, 3.05) is 14.7 Å². The predicted octanol–water partition coefficient (Wildman–Crippen LogP) is 31.3. The number of benzene rings is 19. The van der Waals surface area contributed by atoms with Gasteiger partial charge in [0.25, 0.3) is 0 Å². The van der Waals surface area contributed by atoms with Crippen molar-refractivity contribution in [3.05, 3.63) is 455 Å². The lowest BCUT2D eigenvalue weighted by Gasteiger charge is -2.28. The lowest BCUT2D eigenvalue weighted by Crippen LogP contribution is -2.11. The number of hydrogen-bond donors (Lipinski definition) is 0. The van der Waals surface area contributed by atoms with Crippen LogP contribution in [0.3, 0.4) is 0 Å². The molecule has 3 aromatic heterocycles. The quantitative estimate of drug-likeness (QED) is 0.0910. The molecular weight excluding hydrogens is 1430 g/mol. The molecule has 0 fully saturated rings. The first kappa shape index (κ1) is 69.0. The van der Waals surface area contributed by atoms with Gasteiger partial charge in [-0.15, -0.1) is 0 Å². The molecule has 0 saturated carbocycles. The van der Waals surface area contributed by atoms with Gasteiger partial charge in [-0.1, -0.05) is 279 Å². The van der Waals surface area contributed by atoms with Crippen LogP contribution in [0.4, 0.5) is 51.2 Å². The molecule has 554 valence electrons. The van der Waals surface area contributed by atoms with Gasteiger partial charge in [-0.2, -0.15) is 0 Å². The highest BCUT2D eigenvalue weighted by Crippen LogP contribution is 2.49. The molecule has 0 saturated heterocycles. The Labute approximate surface area is 684 Å². The summed E-state index contributed by atoms with van der Waals surface area (Å²) >= 11 is 0. The molecule has 0 aliphatic rings. The van der Waals surface area contributed by atoms with Gasteiger partial charge >= 0.3 is 0 Å². The van der Waals surface area contributed by atoms with Crippen molar-refractivity contribution in [1.82, 2.24) is 9.13 Å². The Morgan fingerprint density at radius 3 is 1.14 bits per heavy atom. The second-order valence-corrected chi connectivity index (χ2v) is 30.4. The SMILES string of the molecule is c1ccc(N(c2ccccc2)c2ccccc2-c2ccc3c(c2)c2cc(-c4ccc(-c5cccc(-c6cccc(-c7ccc(N(c8ccc(-c9cccc%10c9oc9ccccc9%10)cc8)c8ccc(-n9c%10ccccc%10c%10ccccc%109)cc8)cc7)c6)c5)cc4N(c4ccccc4)c4ccccc4)ccc2n3-c2ccc3ccccc3c2)cc1. The molecule has 0 aliphatic heterocycles. The molecule has 6 heteroatoms. The molecule has 22 rings (SSSR count). The van der Waals surface area contributed by atoms with E-state index in [-0.39, 0.29) is 0 Å². The largest absolute Gasteiger partial charge is 0.455 e. The minimum atomic E-state index is 0.888. The normalized spacial score (nSPS) is 11.6. The van der Waals surface area contributed by atoms with Crippen LogP contribution in [0, 0.1) is 0 Å². The van der Waals surface area contributed by atoms with Gasteiger partial charge < -0.3 is 28.3 Å². The second-order valence-electron chi connectivity index (χ2n) is 30.4. The van der Waals surface area contributed by atoms with Crippen molar-refractivity contribution in [2.24, 2.45) is 0 Å². The third kappa shape index (κ3) is 12.3. The smallest absolute Gasteiger partial charge is 0.143 e. The molecule has 3 heterocycles. The molecule has 0 unspecified atom stereocenters. The fourth-order valence-corrected chi connectivity index (χ4v) is 17.9. The monoisotopic (exact) mass is 1510 g/mol. The molecular formula is C112H75N5O. The first-order chi connectivity index (χ1) is 58.5. The Morgan fingerprint density at radius 1 is 0.178 bits per heavy atom. The molecule has 0 bridgehead atoms. The second kappa shape index (κ2) is 29.3. The van der Waals surface area contributed by atoms with Gasteiger partial charge in [-0.05, 0) is 237 Å². The van der Waals surface area contributed by atoms with Crippen LogP contribution in [-0.4, -0.2) is 9.13 Å². The maximum atomic E-state index is 6.56. The number of para-hydroxylation sites is 9. The van der Waals surface area contributed by atoms with E-state index in [1.54, 1.807) is 0 Å². The van der Waals surface area contributed by atoms with E-state index in [4.69, 9.17) is 4.42 Å². The van der Waals surface area contributed by atoms with Crippen molar-refractivity contribution in [2.45, 2.75) is 0 Å². The Balaban J connectivity index is 0.632. The van der Waals surface area contributed by atoms with Gasteiger partial charge in [-0.25, -0.2) is 0 Å². The highest BCUT2D eigenvalue weighted by Gasteiger charge is 2.25. The van der Waals surface area contributed by atoms with Crippen LogP contribution >= 0.6 is 0 Å². The summed E-state index contributed by atoms with van der Waals surface area (Å²) < 4.78 is 11.4. The maximum Gasteiger partial charge on any atom is 0.143 e. The van der Waals surface area contributed by atoms with E-state index >= 15 is 0 Å².